The number of aromatic nitrogens is 2. The van der Waals surface area contributed by atoms with Crippen molar-refractivity contribution in [2.24, 2.45) is 11.8 Å². The Morgan fingerprint density at radius 1 is 1.03 bits per heavy atom. The maximum atomic E-state index is 13.5. The Morgan fingerprint density at radius 2 is 1.72 bits per heavy atom. The van der Waals surface area contributed by atoms with Crippen LogP contribution >= 0.6 is 0 Å². The lowest BCUT2D eigenvalue weighted by molar-refractivity contribution is -0.186. The molecule has 2 saturated carbocycles. The summed E-state index contributed by atoms with van der Waals surface area (Å²) in [6, 6.07) is 9.24. The highest BCUT2D eigenvalue weighted by Crippen LogP contribution is 2.40. The van der Waals surface area contributed by atoms with Crippen LogP contribution in [0.2, 0.25) is 0 Å². The molecule has 3 aliphatic rings. The molecule has 0 saturated heterocycles. The van der Waals surface area contributed by atoms with Crippen LogP contribution in [0.5, 0.6) is 0 Å². The Bertz CT molecular complexity index is 1210. The molecule has 2 heterocycles. The van der Waals surface area contributed by atoms with E-state index in [1.807, 2.05) is 30.3 Å². The van der Waals surface area contributed by atoms with Crippen LogP contribution in [0.25, 0.3) is 0 Å². The van der Waals surface area contributed by atoms with Gasteiger partial charge in [0.1, 0.15) is 6.10 Å². The predicted octanol–water partition coefficient (Wildman–Crippen LogP) is 4.54. The number of alkyl halides is 3. The van der Waals surface area contributed by atoms with Gasteiger partial charge in [-0.3, -0.25) is 9.36 Å². The molecular weight excluding hydrogens is 475 g/mol. The van der Waals surface area contributed by atoms with Gasteiger partial charge in [-0.05, 0) is 56.4 Å². The Morgan fingerprint density at radius 3 is 2.33 bits per heavy atom. The number of carbonyl (C=O) groups excluding carboxylic acids is 1. The van der Waals surface area contributed by atoms with Crippen molar-refractivity contribution in [1.82, 2.24) is 14.5 Å². The highest BCUT2D eigenvalue weighted by Gasteiger charge is 2.42. The van der Waals surface area contributed by atoms with Crippen LogP contribution in [-0.2, 0) is 17.7 Å². The summed E-state index contributed by atoms with van der Waals surface area (Å²) < 4.78 is 45.5. The van der Waals surface area contributed by atoms with Crippen molar-refractivity contribution in [2.45, 2.75) is 76.2 Å². The molecular formula is C26H30F3N3O4. The van der Waals surface area contributed by atoms with Gasteiger partial charge in [-0.15, -0.1) is 0 Å². The van der Waals surface area contributed by atoms with Gasteiger partial charge in [0, 0.05) is 17.8 Å². The normalized spacial score (nSPS) is 23.5. The Hall–Kier alpha value is -3.04. The molecule has 1 N–H and O–H groups in total. The molecule has 2 aliphatic carbocycles. The first-order valence-corrected chi connectivity index (χ1v) is 12.7. The van der Waals surface area contributed by atoms with Gasteiger partial charge in [0.2, 0.25) is 0 Å². The lowest BCUT2D eigenvalue weighted by Crippen LogP contribution is -2.48. The first-order valence-electron chi connectivity index (χ1n) is 12.7. The summed E-state index contributed by atoms with van der Waals surface area (Å²) in [6.45, 7) is 0.265. The molecule has 1 atom stereocenters. The van der Waals surface area contributed by atoms with E-state index < -0.39 is 30.0 Å². The van der Waals surface area contributed by atoms with Gasteiger partial charge in [-0.25, -0.2) is 9.59 Å². The van der Waals surface area contributed by atoms with E-state index in [1.54, 1.807) is 0 Å². The van der Waals surface area contributed by atoms with Gasteiger partial charge in [0.15, 0.2) is 0 Å². The quantitative estimate of drug-likeness (QED) is 0.661. The number of halogens is 3. The summed E-state index contributed by atoms with van der Waals surface area (Å²) in [7, 11) is 0. The number of H-pyrrole nitrogens is 1. The zero-order valence-electron chi connectivity index (χ0n) is 19.9. The summed E-state index contributed by atoms with van der Waals surface area (Å²) >= 11 is 0. The first kappa shape index (κ1) is 24.6. The first-order chi connectivity index (χ1) is 17.2. The smallest absolute Gasteiger partial charge is 0.410 e. The molecule has 1 unspecified atom stereocenters. The number of nitrogens with one attached hydrogen (secondary N) is 1. The molecule has 0 spiro atoms. The van der Waals surface area contributed by atoms with Crippen molar-refractivity contribution in [3.63, 3.8) is 0 Å². The van der Waals surface area contributed by atoms with Crippen molar-refractivity contribution in [2.75, 3.05) is 6.54 Å². The van der Waals surface area contributed by atoms with Crippen molar-refractivity contribution in [3.8, 4) is 0 Å². The Labute approximate surface area is 206 Å². The molecule has 10 heteroatoms. The lowest BCUT2D eigenvalue weighted by atomic mass is 9.77. The van der Waals surface area contributed by atoms with E-state index in [4.69, 9.17) is 4.74 Å². The van der Waals surface area contributed by atoms with E-state index in [9.17, 15) is 27.6 Å². The number of benzene rings is 1. The highest BCUT2D eigenvalue weighted by atomic mass is 19.4. The van der Waals surface area contributed by atoms with Crippen molar-refractivity contribution in [1.29, 1.82) is 0 Å². The van der Waals surface area contributed by atoms with E-state index in [0.29, 0.717) is 11.3 Å². The van der Waals surface area contributed by atoms with Crippen molar-refractivity contribution < 1.29 is 22.7 Å². The van der Waals surface area contributed by atoms with Gasteiger partial charge in [-0.2, -0.15) is 13.2 Å². The van der Waals surface area contributed by atoms with Crippen LogP contribution < -0.4 is 11.2 Å². The van der Waals surface area contributed by atoms with Gasteiger partial charge in [-0.1, -0.05) is 36.8 Å². The topological polar surface area (TPSA) is 84.4 Å². The molecule has 1 aliphatic heterocycles. The number of carbonyl (C=O) groups is 1. The number of nitrogens with zero attached hydrogens (tertiary/aromatic N) is 2. The molecule has 7 nitrogen and oxygen atoms in total. The van der Waals surface area contributed by atoms with Crippen LogP contribution in [-0.4, -0.2) is 39.4 Å². The van der Waals surface area contributed by atoms with Gasteiger partial charge in [0.05, 0.1) is 18.5 Å². The van der Waals surface area contributed by atoms with Crippen LogP contribution in [0.1, 0.15) is 67.8 Å². The molecule has 1 aromatic heterocycles. The number of hydrogen-bond donors (Lipinski definition) is 1. The molecule has 194 valence electrons. The number of aromatic amines is 1. The summed E-state index contributed by atoms with van der Waals surface area (Å²) in [5.41, 5.74) is 0.986. The maximum Gasteiger partial charge on any atom is 0.410 e. The minimum absolute atomic E-state index is 0.0246. The second kappa shape index (κ2) is 9.78. The zero-order chi connectivity index (χ0) is 25.4. The molecule has 36 heavy (non-hydrogen) atoms. The number of rotatable bonds is 4. The molecule has 1 amide bonds. The van der Waals surface area contributed by atoms with E-state index in [1.165, 1.54) is 9.47 Å². The average Bonchev–Trinajstić information content (AvgIpc) is 2.82. The molecule has 1 aromatic carbocycles. The van der Waals surface area contributed by atoms with Crippen LogP contribution in [0.4, 0.5) is 18.0 Å². The summed E-state index contributed by atoms with van der Waals surface area (Å²) in [4.78, 5) is 43.6. The fourth-order valence-corrected chi connectivity index (χ4v) is 5.71. The number of ether oxygens (including phenoxy) is 1. The zero-order valence-corrected chi connectivity index (χ0v) is 19.9. The number of hydrogen-bond acceptors (Lipinski definition) is 4. The predicted molar refractivity (Wildman–Crippen MR) is 126 cm³/mol. The minimum atomic E-state index is -4.22. The summed E-state index contributed by atoms with van der Waals surface area (Å²) in [6.07, 6.45) is -1.93. The average molecular weight is 506 g/mol. The highest BCUT2D eigenvalue weighted by molar-refractivity contribution is 5.68. The van der Waals surface area contributed by atoms with Crippen LogP contribution in [0.15, 0.2) is 39.9 Å². The van der Waals surface area contributed by atoms with Gasteiger partial charge < -0.3 is 14.6 Å². The second-order valence-electron chi connectivity index (χ2n) is 10.2. The van der Waals surface area contributed by atoms with Gasteiger partial charge in [0.25, 0.3) is 5.56 Å². The monoisotopic (exact) mass is 505 g/mol. The van der Waals surface area contributed by atoms with Gasteiger partial charge >= 0.3 is 18.0 Å². The molecule has 0 radical (unpaired) electrons. The van der Waals surface area contributed by atoms with E-state index in [0.717, 1.165) is 24.8 Å². The molecule has 0 bridgehead atoms. The maximum absolute atomic E-state index is 13.5. The third-order valence-corrected chi connectivity index (χ3v) is 7.98. The third-order valence-electron chi connectivity index (χ3n) is 7.98. The van der Waals surface area contributed by atoms with Crippen molar-refractivity contribution in [3.05, 3.63) is 68.0 Å². The third kappa shape index (κ3) is 4.82. The fraction of sp³-hybridized carbons (Fsp3) is 0.577. The summed E-state index contributed by atoms with van der Waals surface area (Å²) in [5, 5.41) is 0. The lowest BCUT2D eigenvalue weighted by Gasteiger charge is -2.36. The standard InChI is InChI=1S/C26H30F3N3O4/c27-26(28,29)18-9-11-19(12-10-18)36-25(35)31-14-13-20-21(15-31)30-24(34)32(23(20)33)22(17-7-4-8-17)16-5-2-1-3-6-16/h1-3,5-6,17-19,22H,4,7-15H2,(H,30,34). The van der Waals surface area contributed by atoms with E-state index >= 15 is 0 Å². The number of fused-ring (bicyclic) bond motifs is 1. The molecule has 5 rings (SSSR count). The summed E-state index contributed by atoms with van der Waals surface area (Å²) in [5.74, 6) is -1.13. The fourth-order valence-electron chi connectivity index (χ4n) is 5.71. The van der Waals surface area contributed by atoms with Crippen molar-refractivity contribution >= 4 is 6.09 Å². The molecule has 2 fully saturated rings. The van der Waals surface area contributed by atoms with E-state index in [2.05, 4.69) is 4.98 Å². The number of amides is 1. The Kier molecular flexibility index (Phi) is 6.70. The van der Waals surface area contributed by atoms with E-state index in [-0.39, 0.29) is 62.7 Å². The van der Waals surface area contributed by atoms with Crippen LogP contribution in [0.3, 0.4) is 0 Å². The largest absolute Gasteiger partial charge is 0.446 e. The Balaban J connectivity index is 1.31. The second-order valence-corrected chi connectivity index (χ2v) is 10.2. The van der Waals surface area contributed by atoms with Crippen LogP contribution in [0, 0.1) is 11.8 Å². The SMILES string of the molecule is O=C(OC1CCC(C(F)(F)F)CC1)N1CCc2c([nH]c(=O)n(C(c3ccccc3)C3CCC3)c2=O)C1. The molecule has 2 aromatic rings. The minimum Gasteiger partial charge on any atom is -0.446 e.